The Morgan fingerprint density at radius 2 is 2.12 bits per heavy atom. The Balaban J connectivity index is 1.83. The van der Waals surface area contributed by atoms with Gasteiger partial charge in [-0.2, -0.15) is 23.5 Å². The van der Waals surface area contributed by atoms with E-state index >= 15 is 0 Å². The standard InChI is InChI=1S/C16H12F4N4O2/c1-26-13(25)14-6-15(14,16(18,19)20)8-23(7-14)11-3-2-9(4-21)24-12(11)10(17)5-22-24/h2-3,5H,6-8H2,1H3/t14-,15-/m0/s1. The Morgan fingerprint density at radius 1 is 1.38 bits per heavy atom. The molecule has 0 spiro atoms. The lowest BCUT2D eigenvalue weighted by Gasteiger charge is -2.24. The van der Waals surface area contributed by atoms with Gasteiger partial charge in [0.15, 0.2) is 5.82 Å². The Kier molecular flexibility index (Phi) is 3.11. The van der Waals surface area contributed by atoms with Gasteiger partial charge in [0, 0.05) is 13.1 Å². The first-order valence-corrected chi connectivity index (χ1v) is 7.67. The molecule has 4 rings (SSSR count). The van der Waals surface area contributed by atoms with Gasteiger partial charge >= 0.3 is 12.1 Å². The summed E-state index contributed by atoms with van der Waals surface area (Å²) in [5, 5.41) is 12.9. The predicted octanol–water partition coefficient (Wildman–Crippen LogP) is 2.28. The van der Waals surface area contributed by atoms with Crippen LogP contribution in [-0.4, -0.2) is 42.0 Å². The van der Waals surface area contributed by atoms with Gasteiger partial charge in [0.2, 0.25) is 0 Å². The number of piperidine rings is 1. The number of carbonyl (C=O) groups excluding carboxylic acids is 1. The summed E-state index contributed by atoms with van der Waals surface area (Å²) in [7, 11) is 1.05. The molecule has 1 aliphatic heterocycles. The van der Waals surface area contributed by atoms with Crippen molar-refractivity contribution in [1.29, 1.82) is 5.26 Å². The van der Waals surface area contributed by atoms with Crippen LogP contribution in [0.5, 0.6) is 0 Å². The maximum atomic E-state index is 14.2. The van der Waals surface area contributed by atoms with Crippen LogP contribution in [0, 0.1) is 28.0 Å². The number of aromatic nitrogens is 2. The predicted molar refractivity (Wildman–Crippen MR) is 79.6 cm³/mol. The summed E-state index contributed by atoms with van der Waals surface area (Å²) < 4.78 is 61.0. The van der Waals surface area contributed by atoms with E-state index < -0.39 is 35.3 Å². The van der Waals surface area contributed by atoms with Crippen molar-refractivity contribution in [3.63, 3.8) is 0 Å². The number of ether oxygens (including phenoxy) is 1. The first-order chi connectivity index (χ1) is 12.2. The number of nitrogens with zero attached hydrogens (tertiary/aromatic N) is 4. The van der Waals surface area contributed by atoms with Crippen molar-refractivity contribution < 1.29 is 27.1 Å². The molecule has 2 aromatic heterocycles. The van der Waals surface area contributed by atoms with Gasteiger partial charge in [-0.15, -0.1) is 0 Å². The van der Waals surface area contributed by atoms with Gasteiger partial charge in [-0.25, -0.2) is 8.91 Å². The number of fused-ring (bicyclic) bond motifs is 2. The third-order valence-corrected chi connectivity index (χ3v) is 5.48. The molecule has 0 amide bonds. The van der Waals surface area contributed by atoms with Crippen LogP contribution in [0.25, 0.3) is 5.52 Å². The second-order valence-corrected chi connectivity index (χ2v) is 6.65. The minimum absolute atomic E-state index is 0.0465. The van der Waals surface area contributed by atoms with E-state index in [-0.39, 0.29) is 29.9 Å². The molecule has 0 unspecified atom stereocenters. The van der Waals surface area contributed by atoms with E-state index in [2.05, 4.69) is 9.84 Å². The van der Waals surface area contributed by atoms with Crippen molar-refractivity contribution in [1.82, 2.24) is 9.61 Å². The Morgan fingerprint density at radius 3 is 2.73 bits per heavy atom. The van der Waals surface area contributed by atoms with Crippen LogP contribution in [0.15, 0.2) is 18.3 Å². The van der Waals surface area contributed by atoms with E-state index in [1.54, 1.807) is 0 Å². The average Bonchev–Trinajstić information content (AvgIpc) is 2.92. The molecule has 1 saturated heterocycles. The fourth-order valence-corrected chi connectivity index (χ4v) is 4.14. The van der Waals surface area contributed by atoms with E-state index in [9.17, 15) is 22.4 Å². The van der Waals surface area contributed by atoms with Crippen molar-refractivity contribution in [2.75, 3.05) is 25.1 Å². The molecule has 26 heavy (non-hydrogen) atoms. The SMILES string of the molecule is COC(=O)[C@]12CN(c3ccc(C#N)n4ncc(F)c34)C[C@@]1(C(F)(F)F)C2. The number of pyridine rings is 1. The minimum atomic E-state index is -4.60. The summed E-state index contributed by atoms with van der Waals surface area (Å²) in [6, 6.07) is 4.57. The number of methoxy groups -OCH3 is 1. The molecule has 0 bridgehead atoms. The fourth-order valence-electron chi connectivity index (χ4n) is 4.14. The number of hydrogen-bond acceptors (Lipinski definition) is 5. The molecule has 0 aromatic carbocycles. The summed E-state index contributed by atoms with van der Waals surface area (Å²) in [4.78, 5) is 13.4. The summed E-state index contributed by atoms with van der Waals surface area (Å²) >= 11 is 0. The third-order valence-electron chi connectivity index (χ3n) is 5.48. The Hall–Kier alpha value is -2.83. The van der Waals surface area contributed by atoms with Crippen LogP contribution >= 0.6 is 0 Å². The Bertz CT molecular complexity index is 979. The van der Waals surface area contributed by atoms with Crippen LogP contribution in [0.1, 0.15) is 12.1 Å². The number of alkyl halides is 3. The highest BCUT2D eigenvalue weighted by atomic mass is 19.4. The summed E-state index contributed by atoms with van der Waals surface area (Å²) in [6.07, 6.45) is -4.05. The van der Waals surface area contributed by atoms with Crippen molar-refractivity contribution in [2.24, 2.45) is 10.8 Å². The van der Waals surface area contributed by atoms with Crippen LogP contribution in [-0.2, 0) is 9.53 Å². The highest BCUT2D eigenvalue weighted by Crippen LogP contribution is 2.75. The van der Waals surface area contributed by atoms with Crippen molar-refractivity contribution in [3.8, 4) is 6.07 Å². The highest BCUT2D eigenvalue weighted by molar-refractivity contribution is 5.86. The third kappa shape index (κ3) is 1.80. The zero-order valence-corrected chi connectivity index (χ0v) is 13.5. The van der Waals surface area contributed by atoms with Crippen molar-refractivity contribution in [3.05, 3.63) is 29.8 Å². The fraction of sp³-hybridized carbons (Fsp3) is 0.438. The first-order valence-electron chi connectivity index (χ1n) is 7.67. The van der Waals surface area contributed by atoms with Crippen LogP contribution in [0.2, 0.25) is 0 Å². The van der Waals surface area contributed by atoms with Crippen molar-refractivity contribution >= 4 is 17.2 Å². The van der Waals surface area contributed by atoms with Gasteiger partial charge in [0.1, 0.15) is 28.1 Å². The number of anilines is 1. The van der Waals surface area contributed by atoms with Gasteiger partial charge in [0.25, 0.3) is 0 Å². The lowest BCUT2D eigenvalue weighted by Crippen LogP contribution is -2.35. The zero-order valence-electron chi connectivity index (χ0n) is 13.5. The molecule has 2 fully saturated rings. The van der Waals surface area contributed by atoms with Crippen LogP contribution in [0.4, 0.5) is 23.2 Å². The number of hydrogen-bond donors (Lipinski definition) is 0. The van der Waals surface area contributed by atoms with E-state index in [0.717, 1.165) is 17.8 Å². The van der Waals surface area contributed by atoms with Gasteiger partial charge < -0.3 is 9.64 Å². The highest BCUT2D eigenvalue weighted by Gasteiger charge is 2.87. The number of halogens is 4. The summed E-state index contributed by atoms with van der Waals surface area (Å²) in [5.41, 5.74) is -3.80. The molecule has 136 valence electrons. The smallest absolute Gasteiger partial charge is 0.397 e. The number of nitriles is 1. The van der Waals surface area contributed by atoms with Gasteiger partial charge in [0.05, 0.1) is 19.0 Å². The maximum Gasteiger partial charge on any atom is 0.397 e. The van der Waals surface area contributed by atoms with E-state index in [1.165, 1.54) is 17.0 Å². The molecule has 1 saturated carbocycles. The normalized spacial score (nSPS) is 27.3. The second kappa shape index (κ2) is 4.87. The quantitative estimate of drug-likeness (QED) is 0.601. The number of rotatable bonds is 2. The molecule has 6 nitrogen and oxygen atoms in total. The molecule has 10 heteroatoms. The first kappa shape index (κ1) is 16.6. The Labute approximate surface area is 144 Å². The van der Waals surface area contributed by atoms with E-state index in [1.807, 2.05) is 6.07 Å². The summed E-state index contributed by atoms with van der Waals surface area (Å²) in [6.45, 7) is -0.733. The zero-order chi connectivity index (χ0) is 18.9. The maximum absolute atomic E-state index is 14.2. The largest absolute Gasteiger partial charge is 0.469 e. The summed E-state index contributed by atoms with van der Waals surface area (Å²) in [5.74, 6) is -1.68. The monoisotopic (exact) mass is 368 g/mol. The van der Waals surface area contributed by atoms with Gasteiger partial charge in [-0.3, -0.25) is 4.79 Å². The van der Waals surface area contributed by atoms with Crippen LogP contribution in [0.3, 0.4) is 0 Å². The number of carbonyl (C=O) groups is 1. The molecule has 0 radical (unpaired) electrons. The topological polar surface area (TPSA) is 70.6 Å². The van der Waals surface area contributed by atoms with Gasteiger partial charge in [-0.1, -0.05) is 0 Å². The molecular formula is C16H12F4N4O2. The lowest BCUT2D eigenvalue weighted by molar-refractivity contribution is -0.195. The number of esters is 1. The average molecular weight is 368 g/mol. The van der Waals surface area contributed by atoms with E-state index in [0.29, 0.717) is 0 Å². The van der Waals surface area contributed by atoms with Crippen LogP contribution < -0.4 is 4.90 Å². The molecule has 2 aromatic rings. The molecule has 3 heterocycles. The second-order valence-electron chi connectivity index (χ2n) is 6.65. The van der Waals surface area contributed by atoms with Gasteiger partial charge in [-0.05, 0) is 18.6 Å². The van der Waals surface area contributed by atoms with Crippen molar-refractivity contribution in [2.45, 2.75) is 12.6 Å². The van der Waals surface area contributed by atoms with E-state index in [4.69, 9.17) is 5.26 Å². The molecule has 2 aliphatic rings. The molecule has 0 N–H and O–H groups in total. The molecular weight excluding hydrogens is 356 g/mol. The molecule has 2 atom stereocenters. The minimum Gasteiger partial charge on any atom is -0.469 e. The molecule has 1 aliphatic carbocycles. The lowest BCUT2D eigenvalue weighted by atomic mass is 9.96.